The molecule has 0 aromatic carbocycles. The van der Waals surface area contributed by atoms with Gasteiger partial charge in [0.15, 0.2) is 0 Å². The summed E-state index contributed by atoms with van der Waals surface area (Å²) in [5, 5.41) is 1.06. The van der Waals surface area contributed by atoms with Crippen LogP contribution in [0.3, 0.4) is 0 Å². The van der Waals surface area contributed by atoms with Crippen LogP contribution in [-0.2, 0) is 0 Å². The fourth-order valence-corrected chi connectivity index (χ4v) is 2.03. The number of hydrogen-bond acceptors (Lipinski definition) is 2. The zero-order valence-electron chi connectivity index (χ0n) is 12.8. The zero-order chi connectivity index (χ0) is 14.4. The smallest absolute Gasteiger partial charge is 0.0907 e. The van der Waals surface area contributed by atoms with Crippen molar-refractivity contribution in [2.45, 2.75) is 60.3 Å². The average Bonchev–Trinajstić information content (AvgIpc) is 2.79. The Bertz CT molecular complexity index is 283. The summed E-state index contributed by atoms with van der Waals surface area (Å²) in [6, 6.07) is 0. The van der Waals surface area contributed by atoms with E-state index in [1.54, 1.807) is 17.4 Å². The third-order valence-electron chi connectivity index (χ3n) is 2.12. The van der Waals surface area contributed by atoms with Gasteiger partial charge < -0.3 is 0 Å². The molecule has 0 aliphatic carbocycles. The Balaban J connectivity index is 0. The van der Waals surface area contributed by atoms with Gasteiger partial charge in [-0.1, -0.05) is 66.5 Å². The van der Waals surface area contributed by atoms with Gasteiger partial charge >= 0.3 is 0 Å². The van der Waals surface area contributed by atoms with E-state index in [1.807, 2.05) is 26.8 Å². The van der Waals surface area contributed by atoms with E-state index in [1.165, 1.54) is 25.7 Å². The lowest BCUT2D eigenvalue weighted by molar-refractivity contribution is 0.702. The van der Waals surface area contributed by atoms with Crippen LogP contribution in [0.2, 0.25) is 0 Å². The summed E-state index contributed by atoms with van der Waals surface area (Å²) >= 11 is 1.64. The zero-order valence-corrected chi connectivity index (χ0v) is 13.6. The molecule has 0 unspecified atom stereocenters. The van der Waals surface area contributed by atoms with Gasteiger partial charge in [0.1, 0.15) is 0 Å². The molecular weight excluding hydrogens is 238 g/mol. The maximum Gasteiger partial charge on any atom is 0.0907 e. The predicted molar refractivity (Wildman–Crippen MR) is 88.2 cm³/mol. The molecule has 0 saturated heterocycles. The van der Waals surface area contributed by atoms with Gasteiger partial charge in [-0.2, -0.15) is 0 Å². The molecule has 104 valence electrons. The number of hydrogen-bond donors (Lipinski definition) is 0. The highest BCUT2D eigenvalue weighted by molar-refractivity contribution is 7.12. The van der Waals surface area contributed by atoms with Crippen LogP contribution in [0.4, 0.5) is 0 Å². The molecule has 1 aromatic heterocycles. The first-order chi connectivity index (χ1) is 8.69. The summed E-state index contributed by atoms with van der Waals surface area (Å²) in [6.07, 6.45) is 9.09. The molecule has 2 heteroatoms. The van der Waals surface area contributed by atoms with Crippen molar-refractivity contribution in [1.29, 1.82) is 0 Å². The molecule has 18 heavy (non-hydrogen) atoms. The highest BCUT2D eigenvalue weighted by Gasteiger charge is 1.99. The molecule has 0 spiro atoms. The summed E-state index contributed by atoms with van der Waals surface area (Å²) in [6.45, 7) is 17.8. The minimum atomic E-state index is 0.942. The van der Waals surface area contributed by atoms with Crippen LogP contribution in [0.5, 0.6) is 0 Å². The Morgan fingerprint density at radius 1 is 1.06 bits per heavy atom. The highest BCUT2D eigenvalue weighted by Crippen LogP contribution is 2.19. The first-order valence-electron chi connectivity index (χ1n) is 6.91. The summed E-state index contributed by atoms with van der Waals surface area (Å²) in [4.78, 5) is 5.33. The van der Waals surface area contributed by atoms with Gasteiger partial charge in [-0.25, -0.2) is 4.98 Å². The van der Waals surface area contributed by atoms with Crippen molar-refractivity contribution in [1.82, 2.24) is 4.98 Å². The van der Waals surface area contributed by atoms with Crippen molar-refractivity contribution in [3.63, 3.8) is 0 Å². The third kappa shape index (κ3) is 9.17. The van der Waals surface area contributed by atoms with Gasteiger partial charge in [0, 0.05) is 0 Å². The molecule has 0 atom stereocenters. The number of thiazole rings is 1. The number of nitrogens with zero attached hydrogens (tertiary/aromatic N) is 1. The number of rotatable bonds is 5. The van der Waals surface area contributed by atoms with Crippen LogP contribution >= 0.6 is 11.3 Å². The molecule has 0 saturated carbocycles. The van der Waals surface area contributed by atoms with E-state index in [-0.39, 0.29) is 0 Å². The molecule has 0 N–H and O–H groups in total. The van der Waals surface area contributed by atoms with Crippen molar-refractivity contribution in [3.05, 3.63) is 28.7 Å². The molecule has 0 aliphatic heterocycles. The summed E-state index contributed by atoms with van der Waals surface area (Å²) < 4.78 is 0. The minimum absolute atomic E-state index is 0.942. The molecule has 1 rings (SSSR count). The highest BCUT2D eigenvalue weighted by atomic mass is 32.1. The van der Waals surface area contributed by atoms with Crippen molar-refractivity contribution in [2.75, 3.05) is 0 Å². The first-order valence-corrected chi connectivity index (χ1v) is 7.73. The Kier molecular flexibility index (Phi) is 15.3. The van der Waals surface area contributed by atoms with E-state index in [9.17, 15) is 0 Å². The Labute approximate surface area is 118 Å². The van der Waals surface area contributed by atoms with Gasteiger partial charge in [-0.05, 0) is 19.1 Å². The minimum Gasteiger partial charge on any atom is -0.242 e. The van der Waals surface area contributed by atoms with Crippen LogP contribution < -0.4 is 0 Å². The molecule has 0 aliphatic rings. The van der Waals surface area contributed by atoms with Crippen molar-refractivity contribution < 1.29 is 0 Å². The Hall–Kier alpha value is -0.890. The maximum absolute atomic E-state index is 4.23. The van der Waals surface area contributed by atoms with E-state index in [4.69, 9.17) is 0 Å². The van der Waals surface area contributed by atoms with E-state index < -0.39 is 0 Å². The third-order valence-corrected chi connectivity index (χ3v) is 3.11. The van der Waals surface area contributed by atoms with Gasteiger partial charge in [0.2, 0.25) is 0 Å². The van der Waals surface area contributed by atoms with Gasteiger partial charge in [0.05, 0.1) is 15.6 Å². The van der Waals surface area contributed by atoms with E-state index in [0.29, 0.717) is 0 Å². The molecular formula is C16H29NS. The second-order valence-corrected chi connectivity index (χ2v) is 4.83. The number of aromatic nitrogens is 1. The maximum atomic E-state index is 4.23. The van der Waals surface area contributed by atoms with Gasteiger partial charge in [-0.15, -0.1) is 11.3 Å². The molecule has 0 bridgehead atoms. The van der Waals surface area contributed by atoms with Gasteiger partial charge in [0.25, 0.3) is 0 Å². The standard InChI is InChI=1S/C8H9NS.C6H14.C2H6/c1-4-7-8(5-2)10-6(3)9-7;1-3-5-6-4-2;1-2/h4-5H,1-2H2,3H3;3-6H2,1-2H3;1-2H3. The lowest BCUT2D eigenvalue weighted by Gasteiger charge is -1.86. The second-order valence-electron chi connectivity index (χ2n) is 3.60. The first kappa shape index (κ1) is 19.4. The normalized spacial score (nSPS) is 8.50. The van der Waals surface area contributed by atoms with E-state index in [0.717, 1.165) is 15.6 Å². The molecule has 0 radical (unpaired) electrons. The SMILES string of the molecule is C=Cc1nc(C)sc1C=C.CC.CCCCCC. The molecule has 1 nitrogen and oxygen atoms in total. The van der Waals surface area contributed by atoms with Gasteiger partial charge in [-0.3, -0.25) is 0 Å². The quantitative estimate of drug-likeness (QED) is 0.566. The Morgan fingerprint density at radius 3 is 1.83 bits per heavy atom. The van der Waals surface area contributed by atoms with Crippen LogP contribution in [0.15, 0.2) is 13.2 Å². The topological polar surface area (TPSA) is 12.9 Å². The average molecular weight is 267 g/mol. The molecule has 0 fully saturated rings. The van der Waals surface area contributed by atoms with Crippen LogP contribution in [0.1, 0.15) is 69.0 Å². The summed E-state index contributed by atoms with van der Waals surface area (Å²) in [7, 11) is 0. The number of unbranched alkanes of at least 4 members (excludes halogenated alkanes) is 3. The molecule has 1 heterocycles. The summed E-state index contributed by atoms with van der Waals surface area (Å²) in [5.41, 5.74) is 0.942. The lowest BCUT2D eigenvalue weighted by Crippen LogP contribution is -1.72. The molecule has 0 amide bonds. The second kappa shape index (κ2) is 14.2. The van der Waals surface area contributed by atoms with Crippen molar-refractivity contribution in [2.24, 2.45) is 0 Å². The van der Waals surface area contributed by atoms with E-state index >= 15 is 0 Å². The largest absolute Gasteiger partial charge is 0.242 e. The fourth-order valence-electron chi connectivity index (χ4n) is 1.25. The van der Waals surface area contributed by atoms with Crippen LogP contribution in [0, 0.1) is 6.92 Å². The Morgan fingerprint density at radius 2 is 1.56 bits per heavy atom. The van der Waals surface area contributed by atoms with Crippen LogP contribution in [0.25, 0.3) is 12.2 Å². The van der Waals surface area contributed by atoms with Crippen molar-refractivity contribution >= 4 is 23.5 Å². The van der Waals surface area contributed by atoms with Crippen LogP contribution in [-0.4, -0.2) is 4.98 Å². The number of aryl methyl sites for hydroxylation is 1. The summed E-state index contributed by atoms with van der Waals surface area (Å²) in [5.74, 6) is 0. The molecule has 1 aromatic rings. The van der Waals surface area contributed by atoms with Crippen molar-refractivity contribution in [3.8, 4) is 0 Å². The lowest BCUT2D eigenvalue weighted by atomic mass is 10.2. The van der Waals surface area contributed by atoms with E-state index in [2.05, 4.69) is 32.0 Å². The predicted octanol–water partition coefficient (Wildman–Crippen LogP) is 6.35. The fraction of sp³-hybridized carbons (Fsp3) is 0.562. The monoisotopic (exact) mass is 267 g/mol.